The summed E-state index contributed by atoms with van der Waals surface area (Å²) in [4.78, 5) is 29.0. The molecule has 2 aromatic carbocycles. The summed E-state index contributed by atoms with van der Waals surface area (Å²) >= 11 is 6.29. The highest BCUT2D eigenvalue weighted by molar-refractivity contribution is 6.31. The zero-order valence-electron chi connectivity index (χ0n) is 19.6. The van der Waals surface area contributed by atoms with Crippen molar-refractivity contribution in [1.82, 2.24) is 4.98 Å². The van der Waals surface area contributed by atoms with Crippen LogP contribution in [-0.4, -0.2) is 39.2 Å². The lowest BCUT2D eigenvalue weighted by atomic mass is 9.83. The van der Waals surface area contributed by atoms with Gasteiger partial charge in [-0.2, -0.15) is 0 Å². The van der Waals surface area contributed by atoms with Crippen LogP contribution in [0.3, 0.4) is 0 Å². The molecule has 1 aliphatic rings. The number of Topliss-reactive ketones (excluding diaryl/α,β-unsaturated/α-hetero) is 1. The van der Waals surface area contributed by atoms with E-state index >= 15 is 0 Å². The zero-order valence-corrected chi connectivity index (χ0v) is 20.4. The lowest BCUT2D eigenvalue weighted by molar-refractivity contribution is -0.140. The Morgan fingerprint density at radius 2 is 1.94 bits per heavy atom. The van der Waals surface area contributed by atoms with Crippen LogP contribution in [0.15, 0.2) is 30.5 Å². The molecule has 0 radical (unpaired) electrons. The number of rotatable bonds is 6. The fourth-order valence-corrected chi connectivity index (χ4v) is 4.77. The molecular weight excluding hydrogens is 493 g/mol. The van der Waals surface area contributed by atoms with Crippen LogP contribution in [0.25, 0.3) is 0 Å². The van der Waals surface area contributed by atoms with Gasteiger partial charge in [-0.3, -0.25) is 14.6 Å². The van der Waals surface area contributed by atoms with E-state index in [1.807, 2.05) is 0 Å². The van der Waals surface area contributed by atoms with E-state index in [1.165, 1.54) is 26.2 Å². The molecule has 2 atom stereocenters. The number of carbonyl (C=O) groups is 2. The van der Waals surface area contributed by atoms with Crippen molar-refractivity contribution in [2.45, 2.75) is 38.9 Å². The molecule has 188 valence electrons. The van der Waals surface area contributed by atoms with Gasteiger partial charge in [-0.25, -0.2) is 4.39 Å². The third kappa shape index (κ3) is 4.36. The van der Waals surface area contributed by atoms with Gasteiger partial charge in [0.1, 0.15) is 29.2 Å². The lowest BCUT2D eigenvalue weighted by Gasteiger charge is -2.25. The second kappa shape index (κ2) is 9.75. The Hall–Kier alpha value is -3.69. The van der Waals surface area contributed by atoms with E-state index in [-0.39, 0.29) is 46.1 Å². The Morgan fingerprint density at radius 3 is 2.58 bits per heavy atom. The van der Waals surface area contributed by atoms with Crippen molar-refractivity contribution < 1.29 is 38.8 Å². The minimum Gasteiger partial charge on any atom is -0.507 e. The number of fused-ring (bicyclic) bond motifs is 1. The highest BCUT2D eigenvalue weighted by atomic mass is 35.5. The summed E-state index contributed by atoms with van der Waals surface area (Å²) in [7, 11) is 1.17. The summed E-state index contributed by atoms with van der Waals surface area (Å²) in [5.74, 6) is -4.12. The van der Waals surface area contributed by atoms with Gasteiger partial charge in [0, 0.05) is 39.4 Å². The number of ether oxygens (including phenoxy) is 2. The van der Waals surface area contributed by atoms with Gasteiger partial charge in [0.25, 0.3) is 0 Å². The van der Waals surface area contributed by atoms with Crippen molar-refractivity contribution >= 4 is 23.4 Å². The van der Waals surface area contributed by atoms with Gasteiger partial charge in [0.05, 0.1) is 31.4 Å². The van der Waals surface area contributed by atoms with E-state index in [0.717, 1.165) is 12.1 Å². The molecule has 3 aromatic rings. The molecule has 0 aliphatic carbocycles. The number of halogens is 2. The predicted molar refractivity (Wildman–Crippen MR) is 127 cm³/mol. The van der Waals surface area contributed by atoms with Crippen LogP contribution in [0.4, 0.5) is 4.39 Å². The fourth-order valence-electron chi connectivity index (χ4n) is 4.47. The van der Waals surface area contributed by atoms with Crippen LogP contribution >= 0.6 is 11.6 Å². The van der Waals surface area contributed by atoms with E-state index in [0.29, 0.717) is 16.8 Å². The Labute approximate surface area is 210 Å². The van der Waals surface area contributed by atoms with Crippen LogP contribution in [0.2, 0.25) is 5.02 Å². The minimum absolute atomic E-state index is 0.0562. The van der Waals surface area contributed by atoms with E-state index in [1.54, 1.807) is 13.1 Å². The number of ketones is 1. The first-order chi connectivity index (χ1) is 17.0. The molecule has 4 rings (SSSR count). The van der Waals surface area contributed by atoms with Gasteiger partial charge in [-0.1, -0.05) is 17.7 Å². The number of aromatic nitrogens is 1. The number of methoxy groups -OCH3 is 1. The molecule has 3 N–H and O–H groups in total. The standard InChI is InChI=1S/C26H23ClFNO7/c1-11-23(32)21-13(9-29-11)10-36-26(21)18-7-16(12(2)30)24(33)22(25(18)34)17(8-20(31)35-3)15-5-4-14(28)6-19(15)27/h4-7,9,17,26,32-34H,8,10H2,1-3H3. The number of carbonyl (C=O) groups excluding carboxylic acids is 2. The first kappa shape index (κ1) is 25.4. The smallest absolute Gasteiger partial charge is 0.306 e. The number of esters is 1. The molecule has 0 saturated heterocycles. The number of phenols is 2. The van der Waals surface area contributed by atoms with Crippen LogP contribution in [0.5, 0.6) is 17.2 Å². The molecule has 10 heteroatoms. The quantitative estimate of drug-likeness (QED) is 0.315. The second-order valence-electron chi connectivity index (χ2n) is 8.50. The van der Waals surface area contributed by atoms with Gasteiger partial charge < -0.3 is 24.8 Å². The molecule has 8 nitrogen and oxygen atoms in total. The van der Waals surface area contributed by atoms with Gasteiger partial charge in [-0.15, -0.1) is 0 Å². The average molecular weight is 516 g/mol. The Bertz CT molecular complexity index is 1390. The van der Waals surface area contributed by atoms with Crippen molar-refractivity contribution in [3.8, 4) is 17.2 Å². The Morgan fingerprint density at radius 1 is 1.22 bits per heavy atom. The average Bonchev–Trinajstić information content (AvgIpc) is 3.25. The number of phenolic OH excluding ortho intramolecular Hbond substituents is 2. The number of aryl methyl sites for hydroxylation is 1. The Balaban J connectivity index is 2.00. The normalized spacial score (nSPS) is 15.4. The van der Waals surface area contributed by atoms with Gasteiger partial charge in [0.15, 0.2) is 5.78 Å². The summed E-state index contributed by atoms with van der Waals surface area (Å²) < 4.78 is 24.4. The molecule has 0 fully saturated rings. The van der Waals surface area contributed by atoms with Crippen molar-refractivity contribution in [3.63, 3.8) is 0 Å². The summed E-state index contributed by atoms with van der Waals surface area (Å²) in [6.45, 7) is 2.92. The lowest BCUT2D eigenvalue weighted by Crippen LogP contribution is -2.14. The van der Waals surface area contributed by atoms with E-state index < -0.39 is 41.1 Å². The van der Waals surface area contributed by atoms with Crippen molar-refractivity contribution in [3.05, 3.63) is 80.4 Å². The third-order valence-electron chi connectivity index (χ3n) is 6.31. The molecule has 0 amide bonds. The monoisotopic (exact) mass is 515 g/mol. The largest absolute Gasteiger partial charge is 0.507 e. The van der Waals surface area contributed by atoms with Crippen molar-refractivity contribution in [2.75, 3.05) is 7.11 Å². The maximum Gasteiger partial charge on any atom is 0.306 e. The van der Waals surface area contributed by atoms with Crippen molar-refractivity contribution in [2.24, 2.45) is 0 Å². The van der Waals surface area contributed by atoms with Gasteiger partial charge in [-0.05, 0) is 37.6 Å². The highest BCUT2D eigenvalue weighted by Crippen LogP contribution is 2.51. The van der Waals surface area contributed by atoms with E-state index in [2.05, 4.69) is 4.98 Å². The Kier molecular flexibility index (Phi) is 6.88. The molecule has 2 heterocycles. The topological polar surface area (TPSA) is 126 Å². The number of hydrogen-bond acceptors (Lipinski definition) is 8. The van der Waals surface area contributed by atoms with Crippen LogP contribution in [-0.2, 0) is 20.9 Å². The molecule has 0 spiro atoms. The summed E-state index contributed by atoms with van der Waals surface area (Å²) in [6, 6.07) is 4.77. The maximum atomic E-state index is 13.8. The number of nitrogens with zero attached hydrogens (tertiary/aromatic N) is 1. The zero-order chi connectivity index (χ0) is 26.3. The summed E-state index contributed by atoms with van der Waals surface area (Å²) in [5.41, 5.74) is 1.28. The third-order valence-corrected chi connectivity index (χ3v) is 6.64. The number of pyridine rings is 1. The number of hydrogen-bond donors (Lipinski definition) is 3. The number of aromatic hydroxyl groups is 3. The first-order valence-corrected chi connectivity index (χ1v) is 11.3. The summed E-state index contributed by atoms with van der Waals surface area (Å²) in [6.07, 6.45) is 0.161. The van der Waals surface area contributed by atoms with Crippen LogP contribution in [0.1, 0.15) is 69.2 Å². The fraction of sp³-hybridized carbons (Fsp3) is 0.269. The van der Waals surface area contributed by atoms with E-state index in [9.17, 15) is 29.3 Å². The highest BCUT2D eigenvalue weighted by Gasteiger charge is 2.36. The predicted octanol–water partition coefficient (Wildman–Crippen LogP) is 4.82. The molecule has 0 saturated carbocycles. The molecule has 1 aliphatic heterocycles. The first-order valence-electron chi connectivity index (χ1n) is 10.9. The molecule has 36 heavy (non-hydrogen) atoms. The molecule has 0 bridgehead atoms. The maximum absolute atomic E-state index is 13.8. The molecule has 2 unspecified atom stereocenters. The van der Waals surface area contributed by atoms with Crippen LogP contribution in [0, 0.1) is 12.7 Å². The van der Waals surface area contributed by atoms with Crippen LogP contribution < -0.4 is 0 Å². The molecule has 1 aromatic heterocycles. The second-order valence-corrected chi connectivity index (χ2v) is 8.91. The van der Waals surface area contributed by atoms with Crippen molar-refractivity contribution in [1.29, 1.82) is 0 Å². The van der Waals surface area contributed by atoms with E-state index in [4.69, 9.17) is 21.1 Å². The van der Waals surface area contributed by atoms with Gasteiger partial charge in [0.2, 0.25) is 0 Å². The summed E-state index contributed by atoms with van der Waals surface area (Å²) in [5, 5.41) is 33.2. The minimum atomic E-state index is -1.11. The SMILES string of the molecule is COC(=O)CC(c1ccc(F)cc1Cl)c1c(O)c(C(C)=O)cc(C2OCc3cnc(C)c(O)c32)c1O. The van der Waals surface area contributed by atoms with Gasteiger partial charge >= 0.3 is 5.97 Å². The molecular formula is C26H23ClFNO7. The number of benzene rings is 2.